The van der Waals surface area contributed by atoms with E-state index in [0.717, 1.165) is 18.7 Å². The number of aryl methyl sites for hydroxylation is 1. The van der Waals surface area contributed by atoms with E-state index in [4.69, 9.17) is 18.4 Å². The molecule has 0 bridgehead atoms. The number of hydrogen-bond acceptors (Lipinski definition) is 5. The lowest BCUT2D eigenvalue weighted by atomic mass is 10.1. The molecule has 0 spiro atoms. The van der Waals surface area contributed by atoms with Gasteiger partial charge in [-0.1, -0.05) is 0 Å². The van der Waals surface area contributed by atoms with Crippen LogP contribution < -0.4 is 4.90 Å². The summed E-state index contributed by atoms with van der Waals surface area (Å²) in [5, 5.41) is 8.62. The van der Waals surface area contributed by atoms with Gasteiger partial charge in [-0.3, -0.25) is 0 Å². The maximum absolute atomic E-state index is 10.7. The highest BCUT2D eigenvalue weighted by Gasteiger charge is 2.36. The summed E-state index contributed by atoms with van der Waals surface area (Å²) in [6, 6.07) is 5.70. The molecule has 0 unspecified atom stereocenters. The van der Waals surface area contributed by atoms with Crippen molar-refractivity contribution in [2.75, 3.05) is 18.0 Å². The van der Waals surface area contributed by atoms with Crippen molar-refractivity contribution >= 4 is 21.5 Å². The molecule has 0 fully saturated rings. The molecule has 1 aromatic rings. The predicted molar refractivity (Wildman–Crippen MR) is 75.2 cm³/mol. The Bertz CT molecular complexity index is 635. The Morgan fingerprint density at radius 1 is 1.27 bits per heavy atom. The largest absolute Gasteiger partial charge is 0.741 e. The van der Waals surface area contributed by atoms with Crippen molar-refractivity contribution in [2.45, 2.75) is 26.3 Å². The van der Waals surface area contributed by atoms with E-state index in [1.54, 1.807) is 0 Å². The van der Waals surface area contributed by atoms with Crippen molar-refractivity contribution in [1.82, 2.24) is 0 Å². The molecule has 124 valence electrons. The normalized spacial score (nSPS) is 11.2. The maximum Gasteiger partial charge on any atom is 0.485 e. The molecule has 10 heteroatoms. The Balaban J connectivity index is 0.000000472. The van der Waals surface area contributed by atoms with Crippen LogP contribution in [0.4, 0.5) is 24.5 Å². The predicted octanol–water partition coefficient (Wildman–Crippen LogP) is 3.38. The van der Waals surface area contributed by atoms with Crippen LogP contribution >= 0.6 is 0 Å². The van der Waals surface area contributed by atoms with Gasteiger partial charge in [0, 0.05) is 30.9 Å². The molecular weight excluding hydrogens is 323 g/mol. The van der Waals surface area contributed by atoms with Crippen LogP contribution in [0.15, 0.2) is 18.2 Å². The Morgan fingerprint density at radius 3 is 2.00 bits per heavy atom. The monoisotopic (exact) mass is 339 g/mol. The number of alkyl halides is 3. The summed E-state index contributed by atoms with van der Waals surface area (Å²) < 4.78 is 58.9. The first-order chi connectivity index (χ1) is 9.97. The van der Waals surface area contributed by atoms with Crippen molar-refractivity contribution in [3.8, 4) is 0 Å². The van der Waals surface area contributed by atoms with Gasteiger partial charge in [0.2, 0.25) is 5.39 Å². The lowest BCUT2D eigenvalue weighted by Gasteiger charge is -2.22. The standard InChI is InChI=1S/C11H16N3.CHF3O3S/c1-4-14(5-2)11-7-6-10(13-12)8-9(11)3;2-1(3,4)8(5,6)7/h6-8H,4-5H2,1-3H3;(H,5,6,7)/q+1;/p-1. The fourth-order valence-corrected chi connectivity index (χ4v) is 1.62. The van der Waals surface area contributed by atoms with Gasteiger partial charge in [0.05, 0.1) is 0 Å². The molecule has 0 radical (unpaired) electrons. The number of diazo groups is 1. The lowest BCUT2D eigenvalue weighted by Crippen LogP contribution is -2.22. The number of benzene rings is 1. The molecule has 0 saturated carbocycles. The molecule has 0 aromatic heterocycles. The molecule has 6 nitrogen and oxygen atoms in total. The third-order valence-electron chi connectivity index (χ3n) is 2.68. The Labute approximate surface area is 126 Å². The van der Waals surface area contributed by atoms with Crippen LogP contribution in [0.25, 0.3) is 4.98 Å². The first-order valence-corrected chi connectivity index (χ1v) is 7.61. The summed E-state index contributed by atoms with van der Waals surface area (Å²) in [7, 11) is -6.09. The van der Waals surface area contributed by atoms with E-state index in [0.29, 0.717) is 5.69 Å². The van der Waals surface area contributed by atoms with Gasteiger partial charge in [-0.2, -0.15) is 13.2 Å². The number of rotatable bonds is 3. The summed E-state index contributed by atoms with van der Waals surface area (Å²) in [5.74, 6) is 0. The third-order valence-corrected chi connectivity index (χ3v) is 3.25. The van der Waals surface area contributed by atoms with Crippen molar-refractivity contribution in [3.05, 3.63) is 28.7 Å². The molecule has 0 atom stereocenters. The van der Waals surface area contributed by atoms with Crippen LogP contribution in [0.3, 0.4) is 0 Å². The second-order valence-corrected chi connectivity index (χ2v) is 5.51. The van der Waals surface area contributed by atoms with Gasteiger partial charge in [0.15, 0.2) is 15.1 Å². The summed E-state index contributed by atoms with van der Waals surface area (Å²) in [6.45, 7) is 8.28. The average molecular weight is 339 g/mol. The van der Waals surface area contributed by atoms with Crippen LogP contribution in [-0.2, 0) is 10.1 Å². The highest BCUT2D eigenvalue weighted by atomic mass is 32.2. The summed E-state index contributed by atoms with van der Waals surface area (Å²) in [5.41, 5.74) is -2.68. The smallest absolute Gasteiger partial charge is 0.485 e. The molecule has 0 heterocycles. The van der Waals surface area contributed by atoms with Gasteiger partial charge in [-0.05, 0) is 32.4 Å². The highest BCUT2D eigenvalue weighted by molar-refractivity contribution is 7.86. The fourth-order valence-electron chi connectivity index (χ4n) is 1.62. The molecular formula is C12H16F3N3O3S. The fraction of sp³-hybridized carbons (Fsp3) is 0.500. The molecule has 1 rings (SSSR count). The topological polar surface area (TPSA) is 88.6 Å². The van der Waals surface area contributed by atoms with Crippen LogP contribution in [0.2, 0.25) is 0 Å². The van der Waals surface area contributed by atoms with Crippen molar-refractivity contribution in [2.24, 2.45) is 0 Å². The minimum absolute atomic E-state index is 0.610. The molecule has 1 aromatic carbocycles. The van der Waals surface area contributed by atoms with E-state index < -0.39 is 15.6 Å². The summed E-state index contributed by atoms with van der Waals surface area (Å²) in [4.78, 5) is 5.44. The van der Waals surface area contributed by atoms with E-state index in [2.05, 4.69) is 23.7 Å². The quantitative estimate of drug-likeness (QED) is 0.478. The van der Waals surface area contributed by atoms with E-state index in [9.17, 15) is 13.2 Å². The molecule has 0 aliphatic heterocycles. The summed E-state index contributed by atoms with van der Waals surface area (Å²) in [6.07, 6.45) is 0. The zero-order valence-electron chi connectivity index (χ0n) is 12.3. The van der Waals surface area contributed by atoms with Crippen LogP contribution in [-0.4, -0.2) is 31.6 Å². The first-order valence-electron chi connectivity index (χ1n) is 6.20. The molecule has 0 aliphatic carbocycles. The van der Waals surface area contributed by atoms with Crippen LogP contribution in [0.5, 0.6) is 0 Å². The first kappa shape index (κ1) is 20.1. The highest BCUT2D eigenvalue weighted by Crippen LogP contribution is 2.24. The van der Waals surface area contributed by atoms with E-state index >= 15 is 0 Å². The van der Waals surface area contributed by atoms with E-state index in [1.807, 2.05) is 25.1 Å². The Hall–Kier alpha value is -1.86. The summed E-state index contributed by atoms with van der Waals surface area (Å²) >= 11 is 0. The van der Waals surface area contributed by atoms with Crippen molar-refractivity contribution in [1.29, 1.82) is 5.39 Å². The van der Waals surface area contributed by atoms with E-state index in [-0.39, 0.29) is 0 Å². The minimum atomic E-state index is -6.09. The van der Waals surface area contributed by atoms with Gasteiger partial charge in [0.1, 0.15) is 0 Å². The van der Waals surface area contributed by atoms with Gasteiger partial charge >= 0.3 is 11.2 Å². The zero-order valence-corrected chi connectivity index (χ0v) is 13.1. The number of anilines is 1. The third kappa shape index (κ3) is 5.87. The molecule has 0 saturated heterocycles. The van der Waals surface area contributed by atoms with Gasteiger partial charge in [-0.25, -0.2) is 8.42 Å². The van der Waals surface area contributed by atoms with Crippen molar-refractivity contribution < 1.29 is 26.1 Å². The SMILES string of the molecule is CCN(CC)c1ccc([N+]#N)cc1C.O=S(=O)([O-])C(F)(F)F. The number of hydrogen-bond donors (Lipinski definition) is 0. The average Bonchev–Trinajstić information content (AvgIpc) is 2.40. The second kappa shape index (κ2) is 7.95. The van der Waals surface area contributed by atoms with E-state index in [1.165, 1.54) is 5.69 Å². The van der Waals surface area contributed by atoms with Gasteiger partial charge in [0.25, 0.3) is 0 Å². The number of halogens is 3. The Kier molecular flexibility index (Phi) is 7.28. The Morgan fingerprint density at radius 2 is 1.73 bits per heavy atom. The van der Waals surface area contributed by atoms with Crippen LogP contribution in [0.1, 0.15) is 19.4 Å². The van der Waals surface area contributed by atoms with Gasteiger partial charge < -0.3 is 9.45 Å². The molecule has 0 aliphatic rings. The van der Waals surface area contributed by atoms with Crippen LogP contribution in [0, 0.1) is 12.3 Å². The lowest BCUT2D eigenvalue weighted by molar-refractivity contribution is -0.0517. The molecule has 0 N–H and O–H groups in total. The molecule has 22 heavy (non-hydrogen) atoms. The molecule has 0 amide bonds. The zero-order chi connectivity index (χ0) is 17.6. The second-order valence-electron chi connectivity index (χ2n) is 4.14. The van der Waals surface area contributed by atoms with Crippen molar-refractivity contribution in [3.63, 3.8) is 0 Å². The number of nitrogens with zero attached hydrogens (tertiary/aromatic N) is 3. The maximum atomic E-state index is 10.7. The minimum Gasteiger partial charge on any atom is -0.741 e. The van der Waals surface area contributed by atoms with Gasteiger partial charge in [-0.15, -0.1) is 0 Å².